The first-order valence-electron chi connectivity index (χ1n) is 8.71. The molecule has 9 nitrogen and oxygen atoms in total. The van der Waals surface area contributed by atoms with Crippen molar-refractivity contribution in [3.05, 3.63) is 12.2 Å². The maximum absolute atomic E-state index is 13.0. The molecule has 1 aromatic rings. The number of likely N-dealkylation sites (N-methyl/N-ethyl adjacent to an activating group) is 1. The Kier molecular flexibility index (Phi) is 5.64. The van der Waals surface area contributed by atoms with Crippen molar-refractivity contribution in [2.45, 2.75) is 24.8 Å². The Morgan fingerprint density at radius 1 is 1.28 bits per heavy atom. The van der Waals surface area contributed by atoms with Gasteiger partial charge < -0.3 is 19.4 Å². The molecule has 1 unspecified atom stereocenters. The monoisotopic (exact) mass is 350 g/mol. The Bertz CT molecular complexity index is 585. The quantitative estimate of drug-likeness (QED) is 0.772. The highest BCUT2D eigenvalue weighted by Gasteiger charge is 2.37. The summed E-state index contributed by atoms with van der Waals surface area (Å²) >= 11 is 0. The number of nitrogens with zero attached hydrogens (tertiary/aromatic N) is 5. The van der Waals surface area contributed by atoms with Crippen LogP contribution in [0.15, 0.2) is 6.33 Å². The smallest absolute Gasteiger partial charge is 0.249 e. The fourth-order valence-corrected chi connectivity index (χ4v) is 3.63. The predicted octanol–water partition coefficient (Wildman–Crippen LogP) is -0.700. The standard InChI is InChI=1S/C16H26N6O3/c1-20-7-8-22(14(23)10-25-2)13(9-20)16(24)21-5-3-12(4-6-21)15-17-11-18-19-15/h11-13H,3-10H2,1-2H3,(H,17,18,19). The van der Waals surface area contributed by atoms with Gasteiger partial charge in [0.25, 0.3) is 0 Å². The second-order valence-electron chi connectivity index (χ2n) is 6.77. The Morgan fingerprint density at radius 2 is 2.04 bits per heavy atom. The molecule has 0 saturated carbocycles. The summed E-state index contributed by atoms with van der Waals surface area (Å²) in [4.78, 5) is 35.2. The second-order valence-corrected chi connectivity index (χ2v) is 6.77. The highest BCUT2D eigenvalue weighted by molar-refractivity contribution is 5.88. The van der Waals surface area contributed by atoms with Crippen molar-refractivity contribution in [2.75, 3.05) is 53.5 Å². The summed E-state index contributed by atoms with van der Waals surface area (Å²) in [6.07, 6.45) is 3.23. The largest absolute Gasteiger partial charge is 0.375 e. The van der Waals surface area contributed by atoms with E-state index in [1.807, 2.05) is 11.9 Å². The molecule has 0 aliphatic carbocycles. The number of rotatable bonds is 4. The third-order valence-electron chi connectivity index (χ3n) is 5.08. The van der Waals surface area contributed by atoms with Gasteiger partial charge >= 0.3 is 0 Å². The number of carbonyl (C=O) groups is 2. The lowest BCUT2D eigenvalue weighted by Gasteiger charge is -2.42. The lowest BCUT2D eigenvalue weighted by Crippen LogP contribution is -2.61. The second kappa shape index (κ2) is 7.92. The van der Waals surface area contributed by atoms with Crippen LogP contribution in [0.2, 0.25) is 0 Å². The van der Waals surface area contributed by atoms with Gasteiger partial charge in [-0.3, -0.25) is 14.7 Å². The first kappa shape index (κ1) is 17.8. The van der Waals surface area contributed by atoms with Crippen LogP contribution in [0.4, 0.5) is 0 Å². The van der Waals surface area contributed by atoms with E-state index in [0.717, 1.165) is 25.2 Å². The Hall–Kier alpha value is -2.00. The van der Waals surface area contributed by atoms with Crippen molar-refractivity contribution in [3.8, 4) is 0 Å². The molecular formula is C16H26N6O3. The first-order chi connectivity index (χ1) is 12.1. The molecule has 2 aliphatic heterocycles. The lowest BCUT2D eigenvalue weighted by molar-refractivity contribution is -0.151. The number of aromatic amines is 1. The Morgan fingerprint density at radius 3 is 2.68 bits per heavy atom. The minimum atomic E-state index is -0.428. The third kappa shape index (κ3) is 3.98. The van der Waals surface area contributed by atoms with Crippen molar-refractivity contribution in [1.29, 1.82) is 0 Å². The van der Waals surface area contributed by atoms with Gasteiger partial charge in [-0.2, -0.15) is 5.10 Å². The van der Waals surface area contributed by atoms with E-state index in [0.29, 0.717) is 32.1 Å². The zero-order valence-electron chi connectivity index (χ0n) is 14.8. The summed E-state index contributed by atoms with van der Waals surface area (Å²) < 4.78 is 4.97. The van der Waals surface area contributed by atoms with Gasteiger partial charge in [0.15, 0.2) is 0 Å². The summed E-state index contributed by atoms with van der Waals surface area (Å²) in [6.45, 7) is 3.27. The number of methoxy groups -OCH3 is 1. The minimum Gasteiger partial charge on any atom is -0.375 e. The molecule has 0 spiro atoms. The van der Waals surface area contributed by atoms with Crippen molar-refractivity contribution in [3.63, 3.8) is 0 Å². The van der Waals surface area contributed by atoms with Crippen molar-refractivity contribution < 1.29 is 14.3 Å². The van der Waals surface area contributed by atoms with Gasteiger partial charge in [-0.05, 0) is 19.9 Å². The molecule has 0 aromatic carbocycles. The van der Waals surface area contributed by atoms with Crippen LogP contribution in [0.3, 0.4) is 0 Å². The molecule has 1 aromatic heterocycles. The van der Waals surface area contributed by atoms with Gasteiger partial charge in [0.05, 0.1) is 0 Å². The fraction of sp³-hybridized carbons (Fsp3) is 0.750. The van der Waals surface area contributed by atoms with Gasteiger partial charge in [0, 0.05) is 45.8 Å². The van der Waals surface area contributed by atoms with Crippen LogP contribution >= 0.6 is 0 Å². The average molecular weight is 350 g/mol. The molecule has 2 amide bonds. The topological polar surface area (TPSA) is 94.7 Å². The van der Waals surface area contributed by atoms with E-state index in [4.69, 9.17) is 4.74 Å². The van der Waals surface area contributed by atoms with Crippen LogP contribution in [-0.2, 0) is 14.3 Å². The zero-order valence-corrected chi connectivity index (χ0v) is 14.8. The number of ether oxygens (including phenoxy) is 1. The summed E-state index contributed by atoms with van der Waals surface area (Å²) in [7, 11) is 3.48. The number of hydrogen-bond donors (Lipinski definition) is 1. The molecule has 3 rings (SSSR count). The molecule has 2 fully saturated rings. The predicted molar refractivity (Wildman–Crippen MR) is 89.8 cm³/mol. The van der Waals surface area contributed by atoms with Gasteiger partial charge in [-0.15, -0.1) is 0 Å². The maximum atomic E-state index is 13.0. The molecule has 0 radical (unpaired) electrons. The van der Waals surface area contributed by atoms with Gasteiger partial charge in [0.2, 0.25) is 11.8 Å². The number of carbonyl (C=O) groups excluding carboxylic acids is 2. The highest BCUT2D eigenvalue weighted by atomic mass is 16.5. The van der Waals surface area contributed by atoms with Gasteiger partial charge in [-0.1, -0.05) is 0 Å². The molecule has 2 aliphatic rings. The van der Waals surface area contributed by atoms with Crippen LogP contribution in [0.5, 0.6) is 0 Å². The summed E-state index contributed by atoms with van der Waals surface area (Å²) in [5.41, 5.74) is 0. The minimum absolute atomic E-state index is 0.0149. The third-order valence-corrected chi connectivity index (χ3v) is 5.08. The number of piperazine rings is 1. The van der Waals surface area contributed by atoms with Crippen LogP contribution in [0, 0.1) is 0 Å². The number of likely N-dealkylation sites (tertiary alicyclic amines) is 1. The van der Waals surface area contributed by atoms with Crippen LogP contribution < -0.4 is 0 Å². The summed E-state index contributed by atoms with van der Waals surface area (Å²) in [5, 5.41) is 6.82. The molecule has 25 heavy (non-hydrogen) atoms. The van der Waals surface area contributed by atoms with Crippen LogP contribution in [0.25, 0.3) is 0 Å². The molecule has 138 valence electrons. The molecule has 9 heteroatoms. The zero-order chi connectivity index (χ0) is 17.8. The van der Waals surface area contributed by atoms with E-state index >= 15 is 0 Å². The van der Waals surface area contributed by atoms with Crippen molar-refractivity contribution >= 4 is 11.8 Å². The van der Waals surface area contributed by atoms with E-state index in [1.165, 1.54) is 13.4 Å². The highest BCUT2D eigenvalue weighted by Crippen LogP contribution is 2.26. The number of nitrogens with one attached hydrogen (secondary N) is 1. The maximum Gasteiger partial charge on any atom is 0.249 e. The molecule has 1 N–H and O–H groups in total. The van der Waals surface area contributed by atoms with Crippen molar-refractivity contribution in [1.82, 2.24) is 29.9 Å². The molecular weight excluding hydrogens is 324 g/mol. The van der Waals surface area contributed by atoms with E-state index in [9.17, 15) is 9.59 Å². The molecule has 1 atom stereocenters. The SMILES string of the molecule is COCC(=O)N1CCN(C)CC1C(=O)N1CCC(c2ncn[nH]2)CC1. The first-order valence-corrected chi connectivity index (χ1v) is 8.71. The lowest BCUT2D eigenvalue weighted by atomic mass is 9.95. The Balaban J connectivity index is 1.63. The number of hydrogen-bond acceptors (Lipinski definition) is 6. The van der Waals surface area contributed by atoms with Gasteiger partial charge in [0.1, 0.15) is 24.8 Å². The Labute approximate surface area is 147 Å². The van der Waals surface area contributed by atoms with Crippen molar-refractivity contribution in [2.24, 2.45) is 0 Å². The molecule has 0 bridgehead atoms. The number of aromatic nitrogens is 3. The number of H-pyrrole nitrogens is 1. The average Bonchev–Trinajstić information content (AvgIpc) is 3.16. The van der Waals surface area contributed by atoms with Crippen LogP contribution in [-0.4, -0.2) is 101 Å². The van der Waals surface area contributed by atoms with E-state index in [1.54, 1.807) is 4.90 Å². The normalized spacial score (nSPS) is 23.0. The van der Waals surface area contributed by atoms with Crippen LogP contribution in [0.1, 0.15) is 24.6 Å². The summed E-state index contributed by atoms with van der Waals surface area (Å²) in [5.74, 6) is 1.12. The summed E-state index contributed by atoms with van der Waals surface area (Å²) in [6, 6.07) is -0.428. The number of piperidine rings is 1. The van der Waals surface area contributed by atoms with E-state index in [-0.39, 0.29) is 18.4 Å². The molecule has 2 saturated heterocycles. The van der Waals surface area contributed by atoms with Gasteiger partial charge in [-0.25, -0.2) is 4.98 Å². The molecule has 3 heterocycles. The number of amides is 2. The van der Waals surface area contributed by atoms with E-state index < -0.39 is 6.04 Å². The van der Waals surface area contributed by atoms with E-state index in [2.05, 4.69) is 20.1 Å². The fourth-order valence-electron chi connectivity index (χ4n) is 3.63.